The number of thiazole rings is 1. The van der Waals surface area contributed by atoms with Crippen LogP contribution in [0.2, 0.25) is 0 Å². The van der Waals surface area contributed by atoms with Gasteiger partial charge >= 0.3 is 0 Å². The molecule has 0 radical (unpaired) electrons. The van der Waals surface area contributed by atoms with Crippen molar-refractivity contribution in [2.75, 3.05) is 6.61 Å². The van der Waals surface area contributed by atoms with Crippen LogP contribution in [0.4, 0.5) is 0 Å². The molecule has 0 aliphatic heterocycles. The zero-order valence-corrected chi connectivity index (χ0v) is 18.9. The number of ketones is 1. The number of aromatic nitrogens is 3. The fraction of sp³-hybridized carbons (Fsp3) is 0.192. The van der Waals surface area contributed by atoms with Crippen LogP contribution in [0.15, 0.2) is 66.3 Å². The van der Waals surface area contributed by atoms with Gasteiger partial charge in [-0.3, -0.25) is 9.48 Å². The molecule has 0 amide bonds. The molecule has 0 N–H and O–H groups in total. The second kappa shape index (κ2) is 8.55. The highest BCUT2D eigenvalue weighted by molar-refractivity contribution is 7.11. The number of allylic oxidation sites excluding steroid dienone is 1. The van der Waals surface area contributed by atoms with Crippen molar-refractivity contribution in [3.05, 3.63) is 99.3 Å². The standard InChI is InChI=1S/C26H23N3O2S/c1-17-26(32-16-27-17)23-20-11-10-19(31-14-6-9-18-7-4-3-5-8-18)15-21(20)25(30)24(23)22-12-13-29(2)28-22/h3-5,7-8,10-13,15-16H,6,9,14H2,1-2H3. The van der Waals surface area contributed by atoms with E-state index in [0.717, 1.165) is 34.5 Å². The smallest absolute Gasteiger partial charge is 0.196 e. The van der Waals surface area contributed by atoms with Gasteiger partial charge in [-0.25, -0.2) is 4.98 Å². The van der Waals surface area contributed by atoms with Crippen molar-refractivity contribution in [2.45, 2.75) is 19.8 Å². The Morgan fingerprint density at radius 1 is 1.03 bits per heavy atom. The summed E-state index contributed by atoms with van der Waals surface area (Å²) in [6.07, 6.45) is 3.74. The zero-order valence-electron chi connectivity index (χ0n) is 18.0. The zero-order chi connectivity index (χ0) is 22.1. The summed E-state index contributed by atoms with van der Waals surface area (Å²) in [6.45, 7) is 2.57. The maximum absolute atomic E-state index is 13.5. The topological polar surface area (TPSA) is 57.0 Å². The molecule has 1 aliphatic carbocycles. The van der Waals surface area contributed by atoms with E-state index >= 15 is 0 Å². The number of hydrogen-bond donors (Lipinski definition) is 0. The first-order valence-corrected chi connectivity index (χ1v) is 11.5. The van der Waals surface area contributed by atoms with Gasteiger partial charge in [-0.15, -0.1) is 11.3 Å². The summed E-state index contributed by atoms with van der Waals surface area (Å²) in [5, 5.41) is 4.52. The first kappa shape index (κ1) is 20.4. The molecule has 32 heavy (non-hydrogen) atoms. The molecule has 4 aromatic rings. The van der Waals surface area contributed by atoms with Crippen LogP contribution in [0.1, 0.15) is 44.2 Å². The van der Waals surface area contributed by atoms with Crippen LogP contribution in [0, 0.1) is 6.92 Å². The molecule has 0 saturated heterocycles. The molecule has 2 heterocycles. The van der Waals surface area contributed by atoms with E-state index in [9.17, 15) is 4.79 Å². The molecule has 0 saturated carbocycles. The van der Waals surface area contributed by atoms with E-state index in [4.69, 9.17) is 4.74 Å². The number of nitrogens with zero attached hydrogens (tertiary/aromatic N) is 3. The van der Waals surface area contributed by atoms with Crippen molar-refractivity contribution in [1.82, 2.24) is 14.8 Å². The van der Waals surface area contributed by atoms with Gasteiger partial charge in [0.15, 0.2) is 5.78 Å². The number of hydrogen-bond acceptors (Lipinski definition) is 5. The Morgan fingerprint density at radius 2 is 1.88 bits per heavy atom. The van der Waals surface area contributed by atoms with Gasteiger partial charge in [-0.2, -0.15) is 5.10 Å². The van der Waals surface area contributed by atoms with Crippen LogP contribution in [-0.4, -0.2) is 27.2 Å². The Labute approximate surface area is 191 Å². The first-order chi connectivity index (χ1) is 15.6. The quantitative estimate of drug-likeness (QED) is 0.363. The predicted octanol–water partition coefficient (Wildman–Crippen LogP) is 5.35. The van der Waals surface area contributed by atoms with E-state index < -0.39 is 0 Å². The Kier molecular flexibility index (Phi) is 5.45. The average Bonchev–Trinajstić information content (AvgIpc) is 3.49. The van der Waals surface area contributed by atoms with Gasteiger partial charge in [0, 0.05) is 24.4 Å². The van der Waals surface area contributed by atoms with Crippen molar-refractivity contribution in [2.24, 2.45) is 7.05 Å². The SMILES string of the molecule is Cc1ncsc1C1=C(c2ccn(C)n2)C(=O)c2cc(OCCCc3ccccc3)ccc21. The molecule has 2 aromatic heterocycles. The number of rotatable bonds is 7. The number of carbonyl (C=O) groups excluding carboxylic acids is 1. The summed E-state index contributed by atoms with van der Waals surface area (Å²) >= 11 is 1.55. The molecule has 2 aromatic carbocycles. The van der Waals surface area contributed by atoms with Gasteiger partial charge in [0.1, 0.15) is 5.75 Å². The van der Waals surface area contributed by atoms with Crippen LogP contribution >= 0.6 is 11.3 Å². The van der Waals surface area contributed by atoms with Crippen molar-refractivity contribution in [1.29, 1.82) is 0 Å². The Hall–Kier alpha value is -3.51. The van der Waals surface area contributed by atoms with E-state index in [0.29, 0.717) is 29.2 Å². The lowest BCUT2D eigenvalue weighted by atomic mass is 10.0. The van der Waals surface area contributed by atoms with E-state index in [1.165, 1.54) is 5.56 Å². The highest BCUT2D eigenvalue weighted by Crippen LogP contribution is 2.44. The Balaban J connectivity index is 1.42. The van der Waals surface area contributed by atoms with E-state index in [-0.39, 0.29) is 5.78 Å². The van der Waals surface area contributed by atoms with Crippen LogP contribution in [0.25, 0.3) is 11.1 Å². The highest BCUT2D eigenvalue weighted by Gasteiger charge is 2.34. The minimum absolute atomic E-state index is 0.0174. The molecular weight excluding hydrogens is 418 g/mol. The summed E-state index contributed by atoms with van der Waals surface area (Å²) < 4.78 is 7.72. The first-order valence-electron chi connectivity index (χ1n) is 10.6. The molecule has 160 valence electrons. The normalized spacial score (nSPS) is 13.0. The molecule has 5 nitrogen and oxygen atoms in total. The molecule has 0 bridgehead atoms. The Morgan fingerprint density at radius 3 is 2.59 bits per heavy atom. The lowest BCUT2D eigenvalue weighted by molar-refractivity contribution is 0.105. The summed E-state index contributed by atoms with van der Waals surface area (Å²) in [4.78, 5) is 18.9. The third kappa shape index (κ3) is 3.78. The predicted molar refractivity (Wildman–Crippen MR) is 127 cm³/mol. The van der Waals surface area contributed by atoms with E-state index in [2.05, 4.69) is 34.3 Å². The highest BCUT2D eigenvalue weighted by atomic mass is 32.1. The number of Topliss-reactive ketones (excluding diaryl/α,β-unsaturated/α-hetero) is 1. The lowest BCUT2D eigenvalue weighted by Crippen LogP contribution is -2.02. The Bertz CT molecular complexity index is 1320. The van der Waals surface area contributed by atoms with Crippen molar-refractivity contribution >= 4 is 28.3 Å². The van der Waals surface area contributed by atoms with Crippen LogP contribution in [0.5, 0.6) is 5.75 Å². The molecule has 5 rings (SSSR count). The number of carbonyl (C=O) groups is 1. The van der Waals surface area contributed by atoms with Gasteiger partial charge < -0.3 is 4.74 Å². The van der Waals surface area contributed by atoms with Gasteiger partial charge in [0.2, 0.25) is 0 Å². The second-order valence-corrected chi connectivity index (χ2v) is 8.72. The number of ether oxygens (including phenoxy) is 1. The third-order valence-electron chi connectivity index (χ3n) is 5.65. The molecule has 0 spiro atoms. The van der Waals surface area contributed by atoms with Crippen molar-refractivity contribution < 1.29 is 9.53 Å². The molecular formula is C26H23N3O2S. The monoisotopic (exact) mass is 441 g/mol. The fourth-order valence-corrected chi connectivity index (χ4v) is 4.95. The lowest BCUT2D eigenvalue weighted by Gasteiger charge is -2.09. The number of benzene rings is 2. The van der Waals surface area contributed by atoms with Crippen LogP contribution < -0.4 is 4.74 Å². The van der Waals surface area contributed by atoms with Gasteiger partial charge in [0.25, 0.3) is 0 Å². The van der Waals surface area contributed by atoms with Crippen LogP contribution in [-0.2, 0) is 13.5 Å². The minimum Gasteiger partial charge on any atom is -0.494 e. The maximum Gasteiger partial charge on any atom is 0.196 e. The number of aryl methyl sites for hydroxylation is 3. The maximum atomic E-state index is 13.5. The second-order valence-electron chi connectivity index (χ2n) is 7.87. The average molecular weight is 442 g/mol. The summed E-state index contributed by atoms with van der Waals surface area (Å²) in [7, 11) is 1.86. The van der Waals surface area contributed by atoms with E-state index in [1.807, 2.05) is 56.0 Å². The molecule has 0 atom stereocenters. The van der Waals surface area contributed by atoms with Crippen molar-refractivity contribution in [3.8, 4) is 5.75 Å². The molecule has 0 fully saturated rings. The summed E-state index contributed by atoms with van der Waals surface area (Å²) in [5.41, 5.74) is 7.85. The summed E-state index contributed by atoms with van der Waals surface area (Å²) in [5.74, 6) is 0.698. The van der Waals surface area contributed by atoms with Gasteiger partial charge in [0.05, 0.1) is 34.0 Å². The largest absolute Gasteiger partial charge is 0.494 e. The molecule has 6 heteroatoms. The molecule has 0 unspecified atom stereocenters. The fourth-order valence-electron chi connectivity index (χ4n) is 4.08. The van der Waals surface area contributed by atoms with E-state index in [1.54, 1.807) is 16.0 Å². The minimum atomic E-state index is -0.0174. The van der Waals surface area contributed by atoms with Gasteiger partial charge in [-0.1, -0.05) is 30.3 Å². The van der Waals surface area contributed by atoms with Gasteiger partial charge in [-0.05, 0) is 55.2 Å². The number of fused-ring (bicyclic) bond motifs is 1. The summed E-state index contributed by atoms with van der Waals surface area (Å²) in [6, 6.07) is 18.1. The molecule has 1 aliphatic rings. The van der Waals surface area contributed by atoms with Crippen LogP contribution in [0.3, 0.4) is 0 Å². The van der Waals surface area contributed by atoms with Crippen molar-refractivity contribution in [3.63, 3.8) is 0 Å². The third-order valence-corrected chi connectivity index (χ3v) is 6.59.